The number of carbonyl (C=O) groups excluding carboxylic acids is 1. The number of amides is 1. The summed E-state index contributed by atoms with van der Waals surface area (Å²) < 4.78 is 50.3. The Balaban J connectivity index is 3.27. The highest BCUT2D eigenvalue weighted by Crippen LogP contribution is 2.21. The lowest BCUT2D eigenvalue weighted by molar-refractivity contribution is 0.0764. The van der Waals surface area contributed by atoms with Crippen LogP contribution in [0.3, 0.4) is 0 Å². The lowest BCUT2D eigenvalue weighted by atomic mass is 10.1. The minimum absolute atomic E-state index is 0.145. The van der Waals surface area contributed by atoms with Gasteiger partial charge in [0.2, 0.25) is 10.0 Å². The highest BCUT2D eigenvalue weighted by Gasteiger charge is 2.27. The minimum atomic E-state index is -4.37. The largest absolute Gasteiger partial charge is 0.341 e. The van der Waals surface area contributed by atoms with Gasteiger partial charge in [-0.15, -0.1) is 0 Å². The van der Waals surface area contributed by atoms with E-state index < -0.39 is 38.0 Å². The summed E-state index contributed by atoms with van der Waals surface area (Å²) >= 11 is 0. The summed E-state index contributed by atoms with van der Waals surface area (Å²) in [5.41, 5.74) is -0.910. The number of hydrogen-bond donors (Lipinski definition) is 1. The van der Waals surface area contributed by atoms with Gasteiger partial charge in [0.25, 0.3) is 5.91 Å². The lowest BCUT2D eigenvalue weighted by Gasteiger charge is -2.21. The molecule has 1 rings (SSSR count). The van der Waals surface area contributed by atoms with Crippen molar-refractivity contribution < 1.29 is 22.0 Å². The molecule has 0 radical (unpaired) electrons. The van der Waals surface area contributed by atoms with Crippen molar-refractivity contribution in [3.05, 3.63) is 29.3 Å². The molecule has 1 atom stereocenters. The van der Waals surface area contributed by atoms with Crippen molar-refractivity contribution in [2.24, 2.45) is 11.1 Å². The molecule has 0 aliphatic carbocycles. The summed E-state index contributed by atoms with van der Waals surface area (Å²) in [7, 11) is -2.97. The first kappa shape index (κ1) is 17.5. The standard InChI is InChI=1S/C13H18F2N2O3S/c1-4-8(2)7-17(3)13(18)11-9(14)5-6-10(12(11)15)21(16,19)20/h5-6,8H,4,7H2,1-3H3,(H2,16,19,20). The van der Waals surface area contributed by atoms with Crippen molar-refractivity contribution in [3.63, 3.8) is 0 Å². The number of nitrogens with zero attached hydrogens (tertiary/aromatic N) is 1. The lowest BCUT2D eigenvalue weighted by Crippen LogP contribution is -2.32. The summed E-state index contributed by atoms with van der Waals surface area (Å²) in [6.07, 6.45) is 0.791. The predicted octanol–water partition coefficient (Wildman–Crippen LogP) is 1.73. The second-order valence-electron chi connectivity index (χ2n) is 4.98. The van der Waals surface area contributed by atoms with Crippen LogP contribution < -0.4 is 5.14 Å². The van der Waals surface area contributed by atoms with Crippen LogP contribution in [0.2, 0.25) is 0 Å². The third-order valence-corrected chi connectivity index (χ3v) is 4.13. The van der Waals surface area contributed by atoms with Crippen molar-refractivity contribution in [1.82, 2.24) is 4.90 Å². The Labute approximate surface area is 122 Å². The molecule has 1 amide bonds. The first-order chi connectivity index (χ1) is 9.59. The van der Waals surface area contributed by atoms with E-state index in [1.807, 2.05) is 13.8 Å². The molecular formula is C13H18F2N2O3S. The van der Waals surface area contributed by atoms with Crippen LogP contribution in [0.15, 0.2) is 17.0 Å². The number of halogens is 2. The van der Waals surface area contributed by atoms with Crippen LogP contribution in [0.25, 0.3) is 0 Å². The maximum Gasteiger partial charge on any atom is 0.259 e. The minimum Gasteiger partial charge on any atom is -0.341 e. The number of benzene rings is 1. The molecule has 1 aromatic rings. The highest BCUT2D eigenvalue weighted by atomic mass is 32.2. The van der Waals surface area contributed by atoms with E-state index >= 15 is 0 Å². The van der Waals surface area contributed by atoms with Crippen LogP contribution in [0.1, 0.15) is 30.6 Å². The molecule has 0 saturated heterocycles. The summed E-state index contributed by atoms with van der Waals surface area (Å²) in [6.45, 7) is 4.11. The van der Waals surface area contributed by atoms with Crippen LogP contribution in [-0.4, -0.2) is 32.8 Å². The number of primary sulfonamides is 1. The third-order valence-electron chi connectivity index (χ3n) is 3.21. The monoisotopic (exact) mass is 320 g/mol. The molecule has 8 heteroatoms. The fourth-order valence-electron chi connectivity index (χ4n) is 1.82. The summed E-state index contributed by atoms with van der Waals surface area (Å²) in [4.78, 5) is 12.4. The molecule has 0 heterocycles. The maximum absolute atomic E-state index is 14.1. The first-order valence-corrected chi connectivity index (χ1v) is 7.90. The van der Waals surface area contributed by atoms with E-state index in [1.165, 1.54) is 7.05 Å². The molecule has 21 heavy (non-hydrogen) atoms. The Morgan fingerprint density at radius 1 is 1.38 bits per heavy atom. The second kappa shape index (κ2) is 6.48. The Hall–Kier alpha value is -1.54. The molecule has 118 valence electrons. The van der Waals surface area contributed by atoms with Crippen molar-refractivity contribution >= 4 is 15.9 Å². The number of nitrogens with two attached hydrogens (primary N) is 1. The maximum atomic E-state index is 14.1. The van der Waals surface area contributed by atoms with Crippen molar-refractivity contribution in [1.29, 1.82) is 0 Å². The van der Waals surface area contributed by atoms with Gasteiger partial charge in [-0.1, -0.05) is 20.3 Å². The Morgan fingerprint density at radius 2 is 1.95 bits per heavy atom. The van der Waals surface area contributed by atoms with Gasteiger partial charge in [-0.05, 0) is 18.1 Å². The third kappa shape index (κ3) is 3.98. The summed E-state index contributed by atoms with van der Waals surface area (Å²) in [5.74, 6) is -3.36. The molecule has 1 unspecified atom stereocenters. The molecule has 0 bridgehead atoms. The van der Waals surface area contributed by atoms with Crippen LogP contribution in [0.5, 0.6) is 0 Å². The fourth-order valence-corrected chi connectivity index (χ4v) is 2.43. The molecule has 1 aromatic carbocycles. The second-order valence-corrected chi connectivity index (χ2v) is 6.51. The fraction of sp³-hybridized carbons (Fsp3) is 0.462. The van der Waals surface area contributed by atoms with Gasteiger partial charge in [-0.2, -0.15) is 0 Å². The van der Waals surface area contributed by atoms with E-state index in [4.69, 9.17) is 5.14 Å². The molecule has 2 N–H and O–H groups in total. The number of hydrogen-bond acceptors (Lipinski definition) is 3. The molecule has 0 aliphatic heterocycles. The van der Waals surface area contributed by atoms with Crippen molar-refractivity contribution in [2.45, 2.75) is 25.2 Å². The van der Waals surface area contributed by atoms with Gasteiger partial charge in [0, 0.05) is 13.6 Å². The zero-order valence-corrected chi connectivity index (χ0v) is 12.9. The van der Waals surface area contributed by atoms with Gasteiger partial charge in [-0.25, -0.2) is 22.3 Å². The van der Waals surface area contributed by atoms with Crippen LogP contribution >= 0.6 is 0 Å². The van der Waals surface area contributed by atoms with Gasteiger partial charge >= 0.3 is 0 Å². The molecule has 0 spiro atoms. The number of sulfonamides is 1. The molecule has 0 saturated carbocycles. The molecule has 0 fully saturated rings. The van der Waals surface area contributed by atoms with E-state index in [0.717, 1.165) is 11.3 Å². The highest BCUT2D eigenvalue weighted by molar-refractivity contribution is 7.89. The van der Waals surface area contributed by atoms with Crippen LogP contribution in [0, 0.1) is 17.6 Å². The van der Waals surface area contributed by atoms with E-state index in [-0.39, 0.29) is 5.92 Å². The zero-order valence-electron chi connectivity index (χ0n) is 12.1. The van der Waals surface area contributed by atoms with Gasteiger partial charge in [0.1, 0.15) is 16.3 Å². The Bertz CT molecular complexity index is 647. The van der Waals surface area contributed by atoms with Crippen molar-refractivity contribution in [2.75, 3.05) is 13.6 Å². The number of carbonyl (C=O) groups is 1. The SMILES string of the molecule is CCC(C)CN(C)C(=O)c1c(F)ccc(S(N)(=O)=O)c1F. The molecule has 5 nitrogen and oxygen atoms in total. The van der Waals surface area contributed by atoms with E-state index in [9.17, 15) is 22.0 Å². The van der Waals surface area contributed by atoms with E-state index in [0.29, 0.717) is 18.7 Å². The van der Waals surface area contributed by atoms with Gasteiger partial charge in [-0.3, -0.25) is 4.79 Å². The van der Waals surface area contributed by atoms with Gasteiger partial charge in [0.05, 0.1) is 0 Å². The van der Waals surface area contributed by atoms with Gasteiger partial charge in [0.15, 0.2) is 5.82 Å². The smallest absolute Gasteiger partial charge is 0.259 e. The van der Waals surface area contributed by atoms with E-state index in [1.54, 1.807) is 0 Å². The molecule has 0 aliphatic rings. The summed E-state index contributed by atoms with van der Waals surface area (Å²) in [6, 6.07) is 1.42. The average molecular weight is 320 g/mol. The summed E-state index contributed by atoms with van der Waals surface area (Å²) in [5, 5.41) is 4.84. The Morgan fingerprint density at radius 3 is 2.43 bits per heavy atom. The zero-order chi connectivity index (χ0) is 16.4. The normalized spacial score (nSPS) is 13.0. The Kier molecular flexibility index (Phi) is 5.41. The van der Waals surface area contributed by atoms with Crippen LogP contribution in [-0.2, 0) is 10.0 Å². The topological polar surface area (TPSA) is 80.5 Å². The van der Waals surface area contributed by atoms with Gasteiger partial charge < -0.3 is 4.90 Å². The molecular weight excluding hydrogens is 302 g/mol. The van der Waals surface area contributed by atoms with Crippen LogP contribution in [0.4, 0.5) is 8.78 Å². The van der Waals surface area contributed by atoms with E-state index in [2.05, 4.69) is 0 Å². The average Bonchev–Trinajstić information content (AvgIpc) is 2.36. The molecule has 0 aromatic heterocycles. The quantitative estimate of drug-likeness (QED) is 0.897. The van der Waals surface area contributed by atoms with Crippen molar-refractivity contribution in [3.8, 4) is 0 Å². The predicted molar refractivity (Wildman–Crippen MR) is 74.1 cm³/mol. The first-order valence-electron chi connectivity index (χ1n) is 6.35. The number of rotatable bonds is 5.